The van der Waals surface area contributed by atoms with Crippen molar-refractivity contribution in [1.82, 2.24) is 0 Å². The molecule has 195 valence electrons. The molecule has 0 heterocycles. The summed E-state index contributed by atoms with van der Waals surface area (Å²) in [5.41, 5.74) is 2.03. The van der Waals surface area contributed by atoms with Gasteiger partial charge in [-0.2, -0.15) is 0 Å². The first-order chi connectivity index (χ1) is 25.2. The zero-order valence-electron chi connectivity index (χ0n) is 32.1. The Hall–Kier alpha value is 1.82. The number of hydrogen-bond donors (Lipinski definition) is 0. The Morgan fingerprint density at radius 2 is 0.926 bits per heavy atom. The van der Waals surface area contributed by atoms with Crippen LogP contribution in [0.4, 0.5) is 0 Å². The van der Waals surface area contributed by atoms with Gasteiger partial charge in [-0.3, -0.25) is 0 Å². The molecule has 0 aliphatic heterocycles. The van der Waals surface area contributed by atoms with Crippen molar-refractivity contribution in [1.29, 1.82) is 0 Å². The van der Waals surface area contributed by atoms with E-state index in [4.69, 9.17) is 147 Å². The van der Waals surface area contributed by atoms with E-state index in [-0.39, 0.29) is 24.7 Å². The van der Waals surface area contributed by atoms with Gasteiger partial charge < -0.3 is 0 Å². The van der Waals surface area contributed by atoms with Crippen LogP contribution in [0.3, 0.4) is 0 Å². The van der Waals surface area contributed by atoms with Crippen molar-refractivity contribution in [3.8, 4) is 0 Å². The van der Waals surface area contributed by atoms with Gasteiger partial charge in [0.2, 0.25) is 0 Å². The van der Waals surface area contributed by atoms with Crippen LogP contribution in [0.15, 0.2) is 24.3 Å². The molecule has 0 atom stereocenters. The van der Waals surface area contributed by atoms with E-state index in [1.165, 1.54) is 21.2 Å². The summed E-state index contributed by atoms with van der Waals surface area (Å²) in [7, 11) is 126. The van der Waals surface area contributed by atoms with Crippen LogP contribution in [0, 0.1) is 12.8 Å². The van der Waals surface area contributed by atoms with Gasteiger partial charge in [0.15, 0.2) is 0 Å². The minimum Gasteiger partial charge on any atom is -0.0984 e. The van der Waals surface area contributed by atoms with Gasteiger partial charge in [-0.1, -0.05) is 73.1 Å². The van der Waals surface area contributed by atoms with Crippen molar-refractivity contribution in [3.05, 3.63) is 29.8 Å². The van der Waals surface area contributed by atoms with E-state index < -0.39 is 102 Å². The molecule has 1 aromatic carbocycles. The fraction of sp³-hybridized carbons (Fsp3) is 0.571. The Kier molecular flexibility index (Phi) is 24.0. The first-order valence-corrected chi connectivity index (χ1v) is 19.1. The summed E-state index contributed by atoms with van der Waals surface area (Å²) in [6.45, 7) is 0.963. The second-order valence-electron chi connectivity index (χ2n) is 15.9. The number of benzene rings is 1. The van der Waals surface area contributed by atoms with Gasteiger partial charge in [0.1, 0.15) is 0 Å². The molecule has 0 bridgehead atoms. The third-order valence-electron chi connectivity index (χ3n) is 12.3. The van der Waals surface area contributed by atoms with Gasteiger partial charge in [0.25, 0.3) is 0 Å². The van der Waals surface area contributed by atoms with Gasteiger partial charge in [0, 0.05) is 270 Å². The third kappa shape index (κ3) is 13.9. The molecule has 0 nitrogen and oxygen atoms in total. The second-order valence-corrected chi connectivity index (χ2v) is 15.9. The Bertz CT molecular complexity index is 1140. The monoisotopic (exact) mass is 628 g/mol. The van der Waals surface area contributed by atoms with Crippen LogP contribution in [0.2, 0.25) is 12.1 Å². The molecule has 54 heavy (non-hydrogen) atoms. The SMILES string of the molecule is [B][B]B([B])B(B(CC1CCC(B(B(B([B])[B])B([B])[B][B])B(B(B([B])[B])B([B])[B])c2ccc(C)cc2)CC1)B(B([B])[B])B([B][B])B([B])[B])B(B([B])[B])B([B])[B]. The van der Waals surface area contributed by atoms with Crippen molar-refractivity contribution >= 4 is 289 Å². The topological polar surface area (TPSA) is 0 Å². The maximum absolute atomic E-state index is 6.72. The van der Waals surface area contributed by atoms with Crippen molar-refractivity contribution in [2.75, 3.05) is 0 Å². The fourth-order valence-electron chi connectivity index (χ4n) is 9.80. The lowest BCUT2D eigenvalue weighted by Crippen LogP contribution is -2.81. The molecule has 0 spiro atoms. The molecule has 1 fully saturated rings. The number of aryl methyl sites for hydroxylation is 1. The predicted molar refractivity (Wildman–Crippen MR) is 291 cm³/mol. The van der Waals surface area contributed by atoms with Crippen LogP contribution in [0.25, 0.3) is 0 Å². The van der Waals surface area contributed by atoms with E-state index in [2.05, 4.69) is 0 Å². The molecule has 1 aromatic rings. The predicted octanol–water partition coefficient (Wildman–Crippen LogP) is -11.6. The van der Waals surface area contributed by atoms with Crippen LogP contribution < -0.4 is 5.46 Å². The van der Waals surface area contributed by atoms with Gasteiger partial charge in [0.05, 0.1) is 13.0 Å². The highest BCUT2D eigenvalue weighted by Gasteiger charge is 2.52. The maximum Gasteiger partial charge on any atom is 0.0900 e. The second kappa shape index (κ2) is 24.9. The van der Waals surface area contributed by atoms with E-state index in [1.54, 1.807) is 0 Å². The Labute approximate surface area is 366 Å². The summed E-state index contributed by atoms with van der Waals surface area (Å²) in [6, 6.07) is 8.13. The lowest BCUT2D eigenvalue weighted by atomic mass is 8.40. The van der Waals surface area contributed by atoms with E-state index in [9.17, 15) is 0 Å². The van der Waals surface area contributed by atoms with Gasteiger partial charge in [-0.25, -0.2) is 0 Å². The van der Waals surface area contributed by atoms with E-state index in [0.29, 0.717) is 6.32 Å². The molecule has 1 aliphatic carbocycles. The number of hydrogen-bond acceptors (Lipinski definition) is 0. The maximum atomic E-state index is 6.72. The molecular formula is C14H19B40. The molecular weight excluding hydrogens is 601 g/mol. The third-order valence-corrected chi connectivity index (χ3v) is 12.3. The van der Waals surface area contributed by atoms with Crippen molar-refractivity contribution in [2.45, 2.75) is 44.7 Å². The standard InChI is InChI=1S/C14H19B40/c1-11-2-6-13(7-3-11)38(52(42(22)23)43(24)25)39(53(44(26)27)48(33)35-16)14-8-4-12(5-9-14)10-37(50(41(20)21)49(36-17)40(18)19)51(47(32)34-15)54(45(28)29)46(30)31/h2-3,6-7,12,14H,4-5,8-10H2,1H3. The van der Waals surface area contributed by atoms with Crippen LogP contribution in [-0.4, -0.2) is 283 Å². The molecule has 1 saturated carbocycles. The average Bonchev–Trinajstić information content (AvgIpc) is 3.09. The minimum atomic E-state index is -0.947. The van der Waals surface area contributed by atoms with Crippen LogP contribution in [0.5, 0.6) is 0 Å². The van der Waals surface area contributed by atoms with Crippen molar-refractivity contribution in [2.24, 2.45) is 5.92 Å². The quantitative estimate of drug-likeness (QED) is 0.107. The summed E-state index contributed by atoms with van der Waals surface area (Å²) in [5, 5.41) is 0. The zero-order chi connectivity index (χ0) is 41.2. The smallest absolute Gasteiger partial charge is 0.0900 e. The largest absolute Gasteiger partial charge is 0.0984 e. The molecule has 0 N–H and O–H groups in total. The molecule has 0 aromatic heterocycles. The molecule has 0 unspecified atom stereocenters. The Morgan fingerprint density at radius 3 is 1.30 bits per heavy atom. The summed E-state index contributed by atoms with van der Waals surface area (Å²) in [5.74, 6) is 0.156. The summed E-state index contributed by atoms with van der Waals surface area (Å²) >= 11 is 0. The molecule has 1 aliphatic rings. The van der Waals surface area contributed by atoms with Crippen LogP contribution in [0.1, 0.15) is 31.2 Å². The molecule has 0 saturated heterocycles. The lowest BCUT2D eigenvalue weighted by Gasteiger charge is -2.48. The minimum absolute atomic E-state index is 0.0323. The van der Waals surface area contributed by atoms with Crippen LogP contribution >= 0.6 is 0 Å². The fourth-order valence-corrected chi connectivity index (χ4v) is 9.80. The Morgan fingerprint density at radius 1 is 0.500 bits per heavy atom. The van der Waals surface area contributed by atoms with E-state index in [0.717, 1.165) is 36.7 Å². The first-order valence-electron chi connectivity index (χ1n) is 19.1. The van der Waals surface area contributed by atoms with Gasteiger partial charge in [-0.15, -0.1) is 0 Å². The molecule has 2 rings (SSSR count). The van der Waals surface area contributed by atoms with Crippen molar-refractivity contribution in [3.63, 3.8) is 0 Å². The highest BCUT2D eigenvalue weighted by molar-refractivity contribution is 8.17. The summed E-state index contributed by atoms with van der Waals surface area (Å²) < 4.78 is 0. The normalized spacial score (nSPS) is 14.5. The van der Waals surface area contributed by atoms with Crippen molar-refractivity contribution < 1.29 is 0 Å². The first kappa shape index (κ1) is 52.0. The van der Waals surface area contributed by atoms with E-state index >= 15 is 0 Å². The number of rotatable bonds is 23. The highest BCUT2D eigenvalue weighted by Crippen LogP contribution is 2.39. The van der Waals surface area contributed by atoms with E-state index in [1.807, 2.05) is 31.2 Å². The van der Waals surface area contributed by atoms with Crippen LogP contribution in [-0.2, 0) is 0 Å². The molecule has 40 heteroatoms. The lowest BCUT2D eigenvalue weighted by molar-refractivity contribution is 0.383. The zero-order valence-corrected chi connectivity index (χ0v) is 32.1. The average molecular weight is 620 g/mol. The highest BCUT2D eigenvalue weighted by atomic mass is 14.2. The van der Waals surface area contributed by atoms with Gasteiger partial charge >= 0.3 is 0 Å². The van der Waals surface area contributed by atoms with Gasteiger partial charge in [-0.05, 0) is 12.8 Å². The molecule has 0 amide bonds. The summed E-state index contributed by atoms with van der Waals surface area (Å²) in [6.07, 6.45) is -7.56. The molecule has 41 radical (unpaired) electrons. The Balaban J connectivity index is 2.72. The summed E-state index contributed by atoms with van der Waals surface area (Å²) in [4.78, 5) is 0.